The largest absolute Gasteiger partial charge is 0.508 e. The van der Waals surface area contributed by atoms with Gasteiger partial charge in [-0.2, -0.15) is 8.75 Å². The van der Waals surface area contributed by atoms with Crippen molar-refractivity contribution in [2.45, 2.75) is 0 Å². The molecule has 0 amide bonds. The van der Waals surface area contributed by atoms with Crippen LogP contribution in [-0.4, -0.2) is 13.9 Å². The normalized spacial score (nSPS) is 11.2. The number of phenols is 1. The highest BCUT2D eigenvalue weighted by molar-refractivity contribution is 7.00. The van der Waals surface area contributed by atoms with Gasteiger partial charge in [0.1, 0.15) is 16.8 Å². The van der Waals surface area contributed by atoms with Crippen molar-refractivity contribution < 1.29 is 5.11 Å². The maximum Gasteiger partial charge on any atom is 0.116 e. The zero-order chi connectivity index (χ0) is 13.5. The van der Waals surface area contributed by atoms with Gasteiger partial charge in [-0.15, -0.1) is 0 Å². The highest BCUT2D eigenvalue weighted by atomic mass is 32.1. The molecule has 0 spiro atoms. The molecule has 1 heterocycles. The lowest BCUT2D eigenvalue weighted by molar-refractivity contribution is 0.476. The Hall–Kier alpha value is -2.46. The number of aromatic hydroxyl groups is 1. The quantitative estimate of drug-likeness (QED) is 0.567. The van der Waals surface area contributed by atoms with E-state index in [0.29, 0.717) is 5.75 Å². The molecule has 0 aliphatic heterocycles. The first-order valence-electron chi connectivity index (χ1n) is 6.25. The van der Waals surface area contributed by atoms with E-state index in [4.69, 9.17) is 0 Å². The molecule has 0 saturated carbocycles. The average Bonchev–Trinajstić information content (AvgIpc) is 2.94. The lowest BCUT2D eigenvalue weighted by Crippen LogP contribution is -1.80. The smallest absolute Gasteiger partial charge is 0.116 e. The van der Waals surface area contributed by atoms with E-state index < -0.39 is 0 Å². The molecule has 20 heavy (non-hydrogen) atoms. The predicted octanol–water partition coefficient (Wildman–Crippen LogP) is 4.22. The third kappa shape index (κ3) is 1.82. The minimum absolute atomic E-state index is 0.292. The van der Waals surface area contributed by atoms with Gasteiger partial charge in [-0.25, -0.2) is 0 Å². The van der Waals surface area contributed by atoms with Crippen LogP contribution in [0.25, 0.3) is 32.9 Å². The number of aromatic nitrogens is 2. The summed E-state index contributed by atoms with van der Waals surface area (Å²) in [5, 5.41) is 11.6. The van der Waals surface area contributed by atoms with Gasteiger partial charge in [0.05, 0.1) is 11.7 Å². The van der Waals surface area contributed by atoms with Crippen molar-refractivity contribution >= 4 is 33.5 Å². The fourth-order valence-corrected chi connectivity index (χ4v) is 2.89. The summed E-state index contributed by atoms with van der Waals surface area (Å²) in [5.74, 6) is 0.292. The van der Waals surface area contributed by atoms with E-state index in [0.717, 1.165) is 32.9 Å². The summed E-state index contributed by atoms with van der Waals surface area (Å²) in [4.78, 5) is 0. The van der Waals surface area contributed by atoms with Crippen LogP contribution in [0, 0.1) is 0 Å². The molecule has 3 nitrogen and oxygen atoms in total. The Morgan fingerprint density at radius 1 is 0.700 bits per heavy atom. The van der Waals surface area contributed by atoms with Crippen molar-refractivity contribution in [1.29, 1.82) is 0 Å². The third-order valence-electron chi connectivity index (χ3n) is 3.41. The number of phenolic OH excluding ortho intramolecular Hbond substituents is 1. The number of nitrogens with zero attached hydrogens (tertiary/aromatic N) is 2. The highest BCUT2D eigenvalue weighted by Crippen LogP contribution is 2.28. The number of hydrogen-bond donors (Lipinski definition) is 1. The summed E-state index contributed by atoms with van der Waals surface area (Å²) in [5.41, 5.74) is 4.13. The van der Waals surface area contributed by atoms with Crippen LogP contribution < -0.4 is 0 Å². The van der Waals surface area contributed by atoms with Crippen molar-refractivity contribution in [1.82, 2.24) is 8.75 Å². The van der Waals surface area contributed by atoms with E-state index in [1.807, 2.05) is 18.2 Å². The average molecular weight is 278 g/mol. The van der Waals surface area contributed by atoms with E-state index in [-0.39, 0.29) is 0 Å². The van der Waals surface area contributed by atoms with Gasteiger partial charge in [0.25, 0.3) is 0 Å². The molecule has 0 saturated heterocycles. The standard InChI is InChI=1S/C16H10N2OS/c19-14-5-3-11-7-10(1-2-12(11)8-14)13-4-6-15-16(9-13)18-20-17-15/h1-9,19H. The van der Waals surface area contributed by atoms with Gasteiger partial charge in [-0.05, 0) is 52.2 Å². The molecule has 0 bridgehead atoms. The molecule has 3 aromatic carbocycles. The van der Waals surface area contributed by atoms with Crippen LogP contribution in [-0.2, 0) is 0 Å². The molecule has 1 N–H and O–H groups in total. The SMILES string of the molecule is Oc1ccc2cc(-c3ccc4nsnc4c3)ccc2c1. The number of fused-ring (bicyclic) bond motifs is 2. The van der Waals surface area contributed by atoms with Gasteiger partial charge < -0.3 is 5.11 Å². The molecule has 4 heteroatoms. The van der Waals surface area contributed by atoms with Gasteiger partial charge in [0.15, 0.2) is 0 Å². The topological polar surface area (TPSA) is 46.0 Å². The molecule has 0 aliphatic carbocycles. The molecule has 0 atom stereocenters. The summed E-state index contributed by atoms with van der Waals surface area (Å²) in [6, 6.07) is 17.7. The summed E-state index contributed by atoms with van der Waals surface area (Å²) in [6.45, 7) is 0. The summed E-state index contributed by atoms with van der Waals surface area (Å²) >= 11 is 1.23. The van der Waals surface area contributed by atoms with Gasteiger partial charge in [-0.3, -0.25) is 0 Å². The van der Waals surface area contributed by atoms with Crippen LogP contribution in [0.1, 0.15) is 0 Å². The summed E-state index contributed by atoms with van der Waals surface area (Å²) in [6.07, 6.45) is 0. The Morgan fingerprint density at radius 2 is 1.40 bits per heavy atom. The molecular weight excluding hydrogens is 268 g/mol. The first-order chi connectivity index (χ1) is 9.79. The van der Waals surface area contributed by atoms with Crippen LogP contribution in [0.3, 0.4) is 0 Å². The molecule has 4 aromatic rings. The van der Waals surface area contributed by atoms with E-state index in [1.165, 1.54) is 11.7 Å². The molecule has 4 rings (SSSR count). The molecule has 1 aromatic heterocycles. The lowest BCUT2D eigenvalue weighted by atomic mass is 10.0. The summed E-state index contributed by atoms with van der Waals surface area (Å²) < 4.78 is 8.49. The molecule has 0 aliphatic rings. The molecule has 0 radical (unpaired) electrons. The second kappa shape index (κ2) is 4.28. The second-order valence-electron chi connectivity index (χ2n) is 4.71. The van der Waals surface area contributed by atoms with Crippen molar-refractivity contribution in [3.63, 3.8) is 0 Å². The second-order valence-corrected chi connectivity index (χ2v) is 5.24. The van der Waals surface area contributed by atoms with Gasteiger partial charge >= 0.3 is 0 Å². The Kier molecular flexibility index (Phi) is 2.44. The van der Waals surface area contributed by atoms with Crippen molar-refractivity contribution in [3.05, 3.63) is 54.6 Å². The highest BCUT2D eigenvalue weighted by Gasteiger charge is 2.04. The fourth-order valence-electron chi connectivity index (χ4n) is 2.37. The maximum atomic E-state index is 9.50. The zero-order valence-electron chi connectivity index (χ0n) is 10.4. The van der Waals surface area contributed by atoms with E-state index in [1.54, 1.807) is 12.1 Å². The van der Waals surface area contributed by atoms with Gasteiger partial charge in [-0.1, -0.05) is 24.3 Å². The molecular formula is C16H10N2OS. The molecule has 96 valence electrons. The first kappa shape index (κ1) is 11.4. The Labute approximate surface area is 119 Å². The fraction of sp³-hybridized carbons (Fsp3) is 0. The number of hydrogen-bond acceptors (Lipinski definition) is 4. The summed E-state index contributed by atoms with van der Waals surface area (Å²) in [7, 11) is 0. The van der Waals surface area contributed by atoms with Gasteiger partial charge in [0, 0.05) is 0 Å². The maximum absolute atomic E-state index is 9.50. The number of benzene rings is 3. The predicted molar refractivity (Wildman–Crippen MR) is 82.0 cm³/mol. The van der Waals surface area contributed by atoms with Crippen LogP contribution in [0.5, 0.6) is 5.75 Å². The lowest BCUT2D eigenvalue weighted by Gasteiger charge is -2.04. The van der Waals surface area contributed by atoms with Crippen LogP contribution in [0.15, 0.2) is 54.6 Å². The Balaban J connectivity index is 1.90. The zero-order valence-corrected chi connectivity index (χ0v) is 11.3. The molecule has 0 unspecified atom stereocenters. The van der Waals surface area contributed by atoms with Crippen molar-refractivity contribution in [2.24, 2.45) is 0 Å². The Bertz CT molecular complexity index is 930. The van der Waals surface area contributed by atoms with Crippen LogP contribution >= 0.6 is 11.7 Å². The first-order valence-corrected chi connectivity index (χ1v) is 6.98. The van der Waals surface area contributed by atoms with E-state index >= 15 is 0 Å². The van der Waals surface area contributed by atoms with Crippen molar-refractivity contribution in [3.8, 4) is 16.9 Å². The minimum Gasteiger partial charge on any atom is -0.508 e. The van der Waals surface area contributed by atoms with Gasteiger partial charge in [0.2, 0.25) is 0 Å². The third-order valence-corrected chi connectivity index (χ3v) is 3.97. The number of rotatable bonds is 1. The van der Waals surface area contributed by atoms with Crippen LogP contribution in [0.2, 0.25) is 0 Å². The monoisotopic (exact) mass is 278 g/mol. The van der Waals surface area contributed by atoms with E-state index in [9.17, 15) is 5.11 Å². The van der Waals surface area contributed by atoms with E-state index in [2.05, 4.69) is 33.0 Å². The van der Waals surface area contributed by atoms with Crippen molar-refractivity contribution in [2.75, 3.05) is 0 Å². The molecule has 0 fully saturated rings. The van der Waals surface area contributed by atoms with Crippen LogP contribution in [0.4, 0.5) is 0 Å². The Morgan fingerprint density at radius 3 is 2.35 bits per heavy atom. The minimum atomic E-state index is 0.292.